The van der Waals surface area contributed by atoms with Crippen LogP contribution >= 0.6 is 39.9 Å². The van der Waals surface area contributed by atoms with Crippen molar-refractivity contribution in [2.24, 2.45) is 5.92 Å². The van der Waals surface area contributed by atoms with Gasteiger partial charge >= 0.3 is 0 Å². The molecular formula is C15H21BrCl2N2O. The van der Waals surface area contributed by atoms with E-state index in [9.17, 15) is 4.79 Å². The van der Waals surface area contributed by atoms with Crippen molar-refractivity contribution in [3.63, 3.8) is 0 Å². The number of hydrogen-bond acceptors (Lipinski definition) is 2. The van der Waals surface area contributed by atoms with Gasteiger partial charge in [-0.05, 0) is 62.0 Å². The SMILES string of the molecule is Cl.O=C(CCc1cc(Cl)ccc1Br)NCC1CCCNC1. The smallest absolute Gasteiger partial charge is 0.220 e. The van der Waals surface area contributed by atoms with Gasteiger partial charge in [-0.15, -0.1) is 12.4 Å². The van der Waals surface area contributed by atoms with Gasteiger partial charge in [-0.2, -0.15) is 0 Å². The lowest BCUT2D eigenvalue weighted by Crippen LogP contribution is -2.38. The molecular weight excluding hydrogens is 375 g/mol. The molecule has 1 saturated heterocycles. The Balaban J connectivity index is 0.00000220. The molecule has 0 spiro atoms. The average molecular weight is 396 g/mol. The second kappa shape index (κ2) is 9.67. The highest BCUT2D eigenvalue weighted by Crippen LogP contribution is 2.22. The van der Waals surface area contributed by atoms with Gasteiger partial charge in [-0.3, -0.25) is 4.79 Å². The number of carbonyl (C=O) groups excluding carboxylic acids is 1. The van der Waals surface area contributed by atoms with Gasteiger partial charge in [0.2, 0.25) is 5.91 Å². The number of hydrogen-bond donors (Lipinski definition) is 2. The lowest BCUT2D eigenvalue weighted by molar-refractivity contribution is -0.121. The lowest BCUT2D eigenvalue weighted by Gasteiger charge is -2.22. The summed E-state index contributed by atoms with van der Waals surface area (Å²) in [5, 5.41) is 7.09. The van der Waals surface area contributed by atoms with Gasteiger partial charge in [0, 0.05) is 22.5 Å². The normalized spacial score (nSPS) is 17.9. The molecule has 0 radical (unpaired) electrons. The van der Waals surface area contributed by atoms with E-state index in [4.69, 9.17) is 11.6 Å². The standard InChI is InChI=1S/C15H20BrClN2O.ClH/c16-14-5-4-13(17)8-12(14)3-6-15(20)19-10-11-2-1-7-18-9-11;/h4-5,8,11,18H,1-3,6-7,9-10H2,(H,19,20);1H. The number of aryl methyl sites for hydroxylation is 1. The van der Waals surface area contributed by atoms with Crippen molar-refractivity contribution in [1.82, 2.24) is 10.6 Å². The Morgan fingerprint density at radius 1 is 1.48 bits per heavy atom. The Morgan fingerprint density at radius 2 is 2.29 bits per heavy atom. The van der Waals surface area contributed by atoms with E-state index in [-0.39, 0.29) is 18.3 Å². The number of benzene rings is 1. The van der Waals surface area contributed by atoms with E-state index in [2.05, 4.69) is 26.6 Å². The fraction of sp³-hybridized carbons (Fsp3) is 0.533. The van der Waals surface area contributed by atoms with Crippen molar-refractivity contribution in [2.45, 2.75) is 25.7 Å². The second-order valence-corrected chi connectivity index (χ2v) is 6.54. The molecule has 0 saturated carbocycles. The van der Waals surface area contributed by atoms with Crippen LogP contribution in [-0.2, 0) is 11.2 Å². The number of nitrogens with one attached hydrogen (secondary N) is 2. The third-order valence-electron chi connectivity index (χ3n) is 3.62. The minimum atomic E-state index is 0. The van der Waals surface area contributed by atoms with Crippen molar-refractivity contribution < 1.29 is 4.79 Å². The molecule has 1 amide bonds. The molecule has 118 valence electrons. The zero-order valence-electron chi connectivity index (χ0n) is 11.8. The van der Waals surface area contributed by atoms with E-state index in [0.29, 0.717) is 23.8 Å². The summed E-state index contributed by atoms with van der Waals surface area (Å²) < 4.78 is 1.01. The van der Waals surface area contributed by atoms with Gasteiger partial charge in [0.25, 0.3) is 0 Å². The molecule has 1 heterocycles. The second-order valence-electron chi connectivity index (χ2n) is 5.25. The van der Waals surface area contributed by atoms with Crippen LogP contribution in [0, 0.1) is 5.92 Å². The number of piperidine rings is 1. The lowest BCUT2D eigenvalue weighted by atomic mass is 10.00. The Kier molecular flexibility index (Phi) is 8.64. The molecule has 0 aliphatic carbocycles. The topological polar surface area (TPSA) is 41.1 Å². The predicted octanol–water partition coefficient (Wildman–Crippen LogP) is 3.57. The molecule has 1 aromatic carbocycles. The molecule has 1 fully saturated rings. The zero-order chi connectivity index (χ0) is 14.4. The van der Waals surface area contributed by atoms with E-state index in [0.717, 1.165) is 29.7 Å². The molecule has 0 aromatic heterocycles. The van der Waals surface area contributed by atoms with E-state index in [1.807, 2.05) is 18.2 Å². The summed E-state index contributed by atoms with van der Waals surface area (Å²) in [7, 11) is 0. The third kappa shape index (κ3) is 6.55. The first-order chi connectivity index (χ1) is 9.65. The Morgan fingerprint density at radius 3 is 3.00 bits per heavy atom. The highest BCUT2D eigenvalue weighted by atomic mass is 79.9. The van der Waals surface area contributed by atoms with E-state index in [1.54, 1.807) is 0 Å². The van der Waals surface area contributed by atoms with Gasteiger partial charge in [0.05, 0.1) is 0 Å². The van der Waals surface area contributed by atoms with Gasteiger partial charge in [0.1, 0.15) is 0 Å². The van der Waals surface area contributed by atoms with Crippen molar-refractivity contribution in [3.8, 4) is 0 Å². The fourth-order valence-electron chi connectivity index (χ4n) is 2.43. The van der Waals surface area contributed by atoms with Gasteiger partial charge < -0.3 is 10.6 Å². The highest BCUT2D eigenvalue weighted by molar-refractivity contribution is 9.10. The van der Waals surface area contributed by atoms with E-state index < -0.39 is 0 Å². The Labute approximate surface area is 145 Å². The fourth-order valence-corrected chi connectivity index (χ4v) is 3.07. The predicted molar refractivity (Wildman–Crippen MR) is 93.3 cm³/mol. The molecule has 1 aliphatic heterocycles. The van der Waals surface area contributed by atoms with Gasteiger partial charge in [0.15, 0.2) is 0 Å². The molecule has 1 aliphatic rings. The number of rotatable bonds is 5. The quantitative estimate of drug-likeness (QED) is 0.799. The van der Waals surface area contributed by atoms with Gasteiger partial charge in [-0.25, -0.2) is 0 Å². The summed E-state index contributed by atoms with van der Waals surface area (Å²) in [6.45, 7) is 2.90. The molecule has 6 heteroatoms. The zero-order valence-corrected chi connectivity index (χ0v) is 15.0. The largest absolute Gasteiger partial charge is 0.356 e. The highest BCUT2D eigenvalue weighted by Gasteiger charge is 2.14. The monoisotopic (exact) mass is 394 g/mol. The number of halogens is 3. The molecule has 0 bridgehead atoms. The van der Waals surface area contributed by atoms with Crippen LogP contribution in [-0.4, -0.2) is 25.5 Å². The maximum atomic E-state index is 11.9. The first-order valence-corrected chi connectivity index (χ1v) is 8.23. The molecule has 1 aromatic rings. The van der Waals surface area contributed by atoms with Crippen LogP contribution in [0.2, 0.25) is 5.02 Å². The molecule has 3 nitrogen and oxygen atoms in total. The van der Waals surface area contributed by atoms with Crippen molar-refractivity contribution in [2.75, 3.05) is 19.6 Å². The van der Waals surface area contributed by atoms with Crippen LogP contribution in [0.25, 0.3) is 0 Å². The summed E-state index contributed by atoms with van der Waals surface area (Å²) in [4.78, 5) is 11.9. The van der Waals surface area contributed by atoms with Crippen LogP contribution in [0.15, 0.2) is 22.7 Å². The number of amides is 1. The van der Waals surface area contributed by atoms with Crippen LogP contribution in [0.4, 0.5) is 0 Å². The Bertz CT molecular complexity index is 465. The van der Waals surface area contributed by atoms with E-state index in [1.165, 1.54) is 12.8 Å². The average Bonchev–Trinajstić information content (AvgIpc) is 2.47. The number of carbonyl (C=O) groups is 1. The maximum absolute atomic E-state index is 11.9. The van der Waals surface area contributed by atoms with Gasteiger partial charge in [-0.1, -0.05) is 27.5 Å². The van der Waals surface area contributed by atoms with Crippen LogP contribution in [0.5, 0.6) is 0 Å². The van der Waals surface area contributed by atoms with Crippen LogP contribution in [0.3, 0.4) is 0 Å². The Hall–Kier alpha value is -0.290. The van der Waals surface area contributed by atoms with E-state index >= 15 is 0 Å². The molecule has 1 unspecified atom stereocenters. The van der Waals surface area contributed by atoms with Crippen molar-refractivity contribution in [1.29, 1.82) is 0 Å². The van der Waals surface area contributed by atoms with Crippen LogP contribution in [0.1, 0.15) is 24.8 Å². The summed E-state index contributed by atoms with van der Waals surface area (Å²) in [6, 6.07) is 5.67. The minimum absolute atomic E-state index is 0. The van der Waals surface area contributed by atoms with Crippen molar-refractivity contribution in [3.05, 3.63) is 33.3 Å². The van der Waals surface area contributed by atoms with Crippen molar-refractivity contribution >= 4 is 45.8 Å². The summed E-state index contributed by atoms with van der Waals surface area (Å²) in [5.41, 5.74) is 1.08. The first-order valence-electron chi connectivity index (χ1n) is 7.06. The minimum Gasteiger partial charge on any atom is -0.356 e. The van der Waals surface area contributed by atoms with Crippen LogP contribution < -0.4 is 10.6 Å². The summed E-state index contributed by atoms with van der Waals surface area (Å²) >= 11 is 9.45. The molecule has 1 atom stereocenters. The third-order valence-corrected chi connectivity index (χ3v) is 4.62. The maximum Gasteiger partial charge on any atom is 0.220 e. The molecule has 2 rings (SSSR count). The molecule has 2 N–H and O–H groups in total. The summed E-state index contributed by atoms with van der Waals surface area (Å²) in [6.07, 6.45) is 3.61. The summed E-state index contributed by atoms with van der Waals surface area (Å²) in [5.74, 6) is 0.688. The molecule has 21 heavy (non-hydrogen) atoms. The first kappa shape index (κ1) is 18.8.